The van der Waals surface area contributed by atoms with Gasteiger partial charge in [0.2, 0.25) is 0 Å². The zero-order valence-corrected chi connectivity index (χ0v) is 10.6. The van der Waals surface area contributed by atoms with Gasteiger partial charge in [-0.05, 0) is 13.2 Å². The van der Waals surface area contributed by atoms with Gasteiger partial charge in [0.15, 0.2) is 0 Å². The number of thioether (sulfide) groups is 1. The van der Waals surface area contributed by atoms with Crippen molar-refractivity contribution in [1.29, 1.82) is 0 Å². The second-order valence-corrected chi connectivity index (χ2v) is 4.32. The molecule has 1 aromatic rings. The lowest BCUT2D eigenvalue weighted by molar-refractivity contribution is 0.925. The standard InChI is InChI=1S/C10H18N4S/c1-8-9(11-2)12-7-13-10(8)14(3)5-6-15-4/h7H,5-6H2,1-4H3,(H,11,12,13). The summed E-state index contributed by atoms with van der Waals surface area (Å²) in [5.74, 6) is 3.01. The Morgan fingerprint density at radius 3 is 2.80 bits per heavy atom. The summed E-state index contributed by atoms with van der Waals surface area (Å²) >= 11 is 1.84. The van der Waals surface area contributed by atoms with E-state index in [1.54, 1.807) is 6.33 Å². The van der Waals surface area contributed by atoms with Gasteiger partial charge < -0.3 is 10.2 Å². The molecule has 0 aliphatic carbocycles. The predicted octanol–water partition coefficient (Wildman–Crippen LogP) is 1.63. The molecule has 0 aliphatic heterocycles. The summed E-state index contributed by atoms with van der Waals surface area (Å²) in [5.41, 5.74) is 1.10. The highest BCUT2D eigenvalue weighted by Crippen LogP contribution is 2.20. The van der Waals surface area contributed by atoms with E-state index in [-0.39, 0.29) is 0 Å². The number of aromatic nitrogens is 2. The van der Waals surface area contributed by atoms with Crippen LogP contribution in [0.2, 0.25) is 0 Å². The Kier molecular flexibility index (Phi) is 4.68. The molecule has 1 N–H and O–H groups in total. The van der Waals surface area contributed by atoms with Crippen molar-refractivity contribution in [3.05, 3.63) is 11.9 Å². The summed E-state index contributed by atoms with van der Waals surface area (Å²) in [5, 5.41) is 3.06. The van der Waals surface area contributed by atoms with E-state index in [0.717, 1.165) is 29.5 Å². The summed E-state index contributed by atoms with van der Waals surface area (Å²) in [7, 11) is 3.94. The molecule has 84 valence electrons. The fourth-order valence-electron chi connectivity index (χ4n) is 1.41. The topological polar surface area (TPSA) is 41.1 Å². The Morgan fingerprint density at radius 1 is 1.47 bits per heavy atom. The fourth-order valence-corrected chi connectivity index (χ4v) is 1.87. The molecule has 5 heteroatoms. The van der Waals surface area contributed by atoms with Crippen molar-refractivity contribution >= 4 is 23.4 Å². The number of rotatable bonds is 5. The minimum absolute atomic E-state index is 0.899. The molecule has 0 saturated heterocycles. The van der Waals surface area contributed by atoms with E-state index < -0.39 is 0 Å². The molecule has 0 aliphatic rings. The van der Waals surface area contributed by atoms with Crippen LogP contribution < -0.4 is 10.2 Å². The average molecular weight is 226 g/mol. The third kappa shape index (κ3) is 2.99. The van der Waals surface area contributed by atoms with Gasteiger partial charge in [-0.3, -0.25) is 0 Å². The number of anilines is 2. The van der Waals surface area contributed by atoms with Gasteiger partial charge in [-0.25, -0.2) is 9.97 Å². The fraction of sp³-hybridized carbons (Fsp3) is 0.600. The van der Waals surface area contributed by atoms with Crippen LogP contribution in [0.15, 0.2) is 6.33 Å². The molecule has 0 aromatic carbocycles. The van der Waals surface area contributed by atoms with Gasteiger partial charge in [0, 0.05) is 32.0 Å². The molecule has 0 unspecified atom stereocenters. The molecule has 0 saturated carbocycles. The van der Waals surface area contributed by atoms with Crippen molar-refractivity contribution in [2.75, 3.05) is 42.9 Å². The first-order chi connectivity index (χ1) is 7.20. The van der Waals surface area contributed by atoms with E-state index in [2.05, 4.69) is 33.5 Å². The van der Waals surface area contributed by atoms with Gasteiger partial charge in [-0.1, -0.05) is 0 Å². The SMILES string of the molecule is CNc1ncnc(N(C)CCSC)c1C. The number of nitrogens with zero attached hydrogens (tertiary/aromatic N) is 3. The number of nitrogens with one attached hydrogen (secondary N) is 1. The van der Waals surface area contributed by atoms with E-state index in [9.17, 15) is 0 Å². The molecule has 0 fully saturated rings. The first-order valence-corrected chi connectivity index (χ1v) is 6.29. The summed E-state index contributed by atoms with van der Waals surface area (Å²) < 4.78 is 0. The van der Waals surface area contributed by atoms with Crippen LogP contribution in [0, 0.1) is 6.92 Å². The summed E-state index contributed by atoms with van der Waals surface area (Å²) in [6, 6.07) is 0. The Morgan fingerprint density at radius 2 is 2.20 bits per heavy atom. The summed E-state index contributed by atoms with van der Waals surface area (Å²) in [6.07, 6.45) is 3.71. The summed E-state index contributed by atoms with van der Waals surface area (Å²) in [4.78, 5) is 10.6. The second-order valence-electron chi connectivity index (χ2n) is 3.34. The van der Waals surface area contributed by atoms with Crippen LogP contribution >= 0.6 is 11.8 Å². The van der Waals surface area contributed by atoms with Gasteiger partial charge in [0.05, 0.1) is 0 Å². The van der Waals surface area contributed by atoms with Crippen molar-refractivity contribution in [2.45, 2.75) is 6.92 Å². The van der Waals surface area contributed by atoms with E-state index in [4.69, 9.17) is 0 Å². The van der Waals surface area contributed by atoms with E-state index in [0.29, 0.717) is 0 Å². The van der Waals surface area contributed by atoms with Gasteiger partial charge in [-0.15, -0.1) is 0 Å². The van der Waals surface area contributed by atoms with Crippen LogP contribution in [0.25, 0.3) is 0 Å². The van der Waals surface area contributed by atoms with Crippen molar-refractivity contribution in [3.8, 4) is 0 Å². The Bertz CT molecular complexity index is 316. The van der Waals surface area contributed by atoms with Crippen LogP contribution in [-0.4, -0.2) is 42.6 Å². The molecule has 0 amide bonds. The highest BCUT2D eigenvalue weighted by Gasteiger charge is 2.09. The Hall–Kier alpha value is -0.970. The molecule has 1 aromatic heterocycles. The zero-order valence-electron chi connectivity index (χ0n) is 9.74. The van der Waals surface area contributed by atoms with Crippen LogP contribution in [0.5, 0.6) is 0 Å². The lowest BCUT2D eigenvalue weighted by atomic mass is 10.3. The Labute approximate surface area is 95.5 Å². The van der Waals surface area contributed by atoms with E-state index in [1.165, 1.54) is 0 Å². The largest absolute Gasteiger partial charge is 0.373 e. The van der Waals surface area contributed by atoms with Gasteiger partial charge in [0.1, 0.15) is 18.0 Å². The molecule has 15 heavy (non-hydrogen) atoms. The van der Waals surface area contributed by atoms with E-state index in [1.807, 2.05) is 25.7 Å². The third-order valence-electron chi connectivity index (χ3n) is 2.29. The van der Waals surface area contributed by atoms with Crippen molar-refractivity contribution in [3.63, 3.8) is 0 Å². The maximum atomic E-state index is 4.31. The first-order valence-electron chi connectivity index (χ1n) is 4.90. The lowest BCUT2D eigenvalue weighted by Gasteiger charge is -2.20. The smallest absolute Gasteiger partial charge is 0.136 e. The zero-order chi connectivity index (χ0) is 11.3. The molecule has 1 rings (SSSR count). The van der Waals surface area contributed by atoms with Crippen LogP contribution in [-0.2, 0) is 0 Å². The van der Waals surface area contributed by atoms with Crippen LogP contribution in [0.1, 0.15) is 5.56 Å². The highest BCUT2D eigenvalue weighted by atomic mass is 32.2. The molecule has 0 spiro atoms. The molecule has 1 heterocycles. The molecule has 0 bridgehead atoms. The predicted molar refractivity (Wildman–Crippen MR) is 68.0 cm³/mol. The maximum absolute atomic E-state index is 4.31. The molecule has 0 atom stereocenters. The second kappa shape index (κ2) is 5.80. The monoisotopic (exact) mass is 226 g/mol. The third-order valence-corrected chi connectivity index (χ3v) is 2.88. The molecular weight excluding hydrogens is 208 g/mol. The van der Waals surface area contributed by atoms with Crippen molar-refractivity contribution in [2.24, 2.45) is 0 Å². The van der Waals surface area contributed by atoms with E-state index >= 15 is 0 Å². The molecular formula is C10H18N4S. The minimum Gasteiger partial charge on any atom is -0.373 e. The molecule has 0 radical (unpaired) electrons. The van der Waals surface area contributed by atoms with Crippen molar-refractivity contribution in [1.82, 2.24) is 9.97 Å². The Balaban J connectivity index is 2.83. The minimum atomic E-state index is 0.899. The maximum Gasteiger partial charge on any atom is 0.136 e. The first kappa shape index (κ1) is 12.1. The normalized spacial score (nSPS) is 10.1. The van der Waals surface area contributed by atoms with Crippen LogP contribution in [0.3, 0.4) is 0 Å². The van der Waals surface area contributed by atoms with Gasteiger partial charge in [-0.2, -0.15) is 11.8 Å². The highest BCUT2D eigenvalue weighted by molar-refractivity contribution is 7.98. The number of hydrogen-bond acceptors (Lipinski definition) is 5. The number of hydrogen-bond donors (Lipinski definition) is 1. The summed E-state index contributed by atoms with van der Waals surface area (Å²) in [6.45, 7) is 3.04. The van der Waals surface area contributed by atoms with Crippen LogP contribution in [0.4, 0.5) is 11.6 Å². The van der Waals surface area contributed by atoms with Gasteiger partial charge >= 0.3 is 0 Å². The molecule has 4 nitrogen and oxygen atoms in total. The van der Waals surface area contributed by atoms with Gasteiger partial charge in [0.25, 0.3) is 0 Å². The quantitative estimate of drug-likeness (QED) is 0.826. The average Bonchev–Trinajstić information content (AvgIpc) is 2.26. The van der Waals surface area contributed by atoms with Crippen molar-refractivity contribution < 1.29 is 0 Å². The lowest BCUT2D eigenvalue weighted by Crippen LogP contribution is -2.22.